The minimum atomic E-state index is -0.309. The van der Waals surface area contributed by atoms with Gasteiger partial charge in [-0.05, 0) is 38.5 Å². The Balaban J connectivity index is 2.16. The lowest BCUT2D eigenvalue weighted by Gasteiger charge is -2.19. The standard InChI is InChI=1S/C13H24N2O2/c1-10(8-11(2)16)9-14-13(17)15-12-6-4-3-5-7-12/h4,6,10-12,16H,3,5,7-9H2,1-2H3,(H2,14,15,17). The Morgan fingerprint density at radius 2 is 2.29 bits per heavy atom. The summed E-state index contributed by atoms with van der Waals surface area (Å²) in [5.74, 6) is 0.294. The predicted octanol–water partition coefficient (Wildman–Crippen LogP) is 1.80. The SMILES string of the molecule is CC(O)CC(C)CNC(=O)NC1C=CCCC1. The van der Waals surface area contributed by atoms with Crippen molar-refractivity contribution in [3.05, 3.63) is 12.2 Å². The van der Waals surface area contributed by atoms with Crippen molar-refractivity contribution < 1.29 is 9.90 Å². The van der Waals surface area contributed by atoms with Crippen LogP contribution in [0.3, 0.4) is 0 Å². The smallest absolute Gasteiger partial charge is 0.315 e. The molecule has 0 fully saturated rings. The molecule has 17 heavy (non-hydrogen) atoms. The van der Waals surface area contributed by atoms with Gasteiger partial charge in [-0.25, -0.2) is 4.79 Å². The van der Waals surface area contributed by atoms with Gasteiger partial charge in [-0.1, -0.05) is 19.1 Å². The molecule has 3 N–H and O–H groups in total. The Hall–Kier alpha value is -1.03. The summed E-state index contributed by atoms with van der Waals surface area (Å²) in [6.07, 6.45) is 7.85. The molecule has 4 heteroatoms. The Labute approximate surface area is 103 Å². The number of amides is 2. The molecule has 0 aromatic carbocycles. The van der Waals surface area contributed by atoms with Crippen molar-refractivity contribution in [2.75, 3.05) is 6.54 Å². The fraction of sp³-hybridized carbons (Fsp3) is 0.769. The first-order chi connectivity index (χ1) is 8.08. The van der Waals surface area contributed by atoms with Crippen LogP contribution >= 0.6 is 0 Å². The van der Waals surface area contributed by atoms with E-state index in [1.807, 2.05) is 6.92 Å². The second-order valence-corrected chi connectivity index (χ2v) is 5.01. The van der Waals surface area contributed by atoms with Crippen molar-refractivity contribution in [1.82, 2.24) is 10.6 Å². The number of carbonyl (C=O) groups is 1. The van der Waals surface area contributed by atoms with Gasteiger partial charge in [-0.15, -0.1) is 0 Å². The molecule has 4 nitrogen and oxygen atoms in total. The fourth-order valence-corrected chi connectivity index (χ4v) is 2.08. The molecule has 0 saturated heterocycles. The molecule has 3 unspecified atom stereocenters. The zero-order valence-electron chi connectivity index (χ0n) is 10.8. The molecule has 0 aromatic rings. The van der Waals surface area contributed by atoms with Gasteiger partial charge in [0.1, 0.15) is 0 Å². The van der Waals surface area contributed by atoms with Gasteiger partial charge in [0.05, 0.1) is 6.10 Å². The van der Waals surface area contributed by atoms with Crippen LogP contribution in [0.4, 0.5) is 4.79 Å². The maximum absolute atomic E-state index is 11.6. The number of aliphatic hydroxyl groups excluding tert-OH is 1. The molecule has 0 bridgehead atoms. The van der Waals surface area contributed by atoms with Crippen LogP contribution in [0.25, 0.3) is 0 Å². The number of hydrogen-bond acceptors (Lipinski definition) is 2. The first-order valence-corrected chi connectivity index (χ1v) is 6.47. The van der Waals surface area contributed by atoms with E-state index in [0.717, 1.165) is 19.3 Å². The quantitative estimate of drug-likeness (QED) is 0.642. The Bertz CT molecular complexity index is 264. The van der Waals surface area contributed by atoms with E-state index in [4.69, 9.17) is 0 Å². The van der Waals surface area contributed by atoms with Gasteiger partial charge in [-0.2, -0.15) is 0 Å². The van der Waals surface area contributed by atoms with Gasteiger partial charge in [-0.3, -0.25) is 0 Å². The molecular formula is C13H24N2O2. The second-order valence-electron chi connectivity index (χ2n) is 5.01. The van der Waals surface area contributed by atoms with Crippen LogP contribution in [0.1, 0.15) is 39.5 Å². The highest BCUT2D eigenvalue weighted by molar-refractivity contribution is 5.74. The number of carbonyl (C=O) groups excluding carboxylic acids is 1. The largest absolute Gasteiger partial charge is 0.393 e. The minimum absolute atomic E-state index is 0.112. The van der Waals surface area contributed by atoms with Gasteiger partial charge >= 0.3 is 6.03 Å². The van der Waals surface area contributed by atoms with Gasteiger partial charge in [0.2, 0.25) is 0 Å². The summed E-state index contributed by atoms with van der Waals surface area (Å²) < 4.78 is 0. The fourth-order valence-electron chi connectivity index (χ4n) is 2.08. The van der Waals surface area contributed by atoms with E-state index in [1.54, 1.807) is 6.92 Å². The number of hydrogen-bond donors (Lipinski definition) is 3. The van der Waals surface area contributed by atoms with E-state index >= 15 is 0 Å². The van der Waals surface area contributed by atoms with Crippen LogP contribution in [-0.4, -0.2) is 29.8 Å². The van der Waals surface area contributed by atoms with Crippen LogP contribution in [0.15, 0.2) is 12.2 Å². The molecule has 0 radical (unpaired) electrons. The predicted molar refractivity (Wildman–Crippen MR) is 68.8 cm³/mol. The van der Waals surface area contributed by atoms with Crippen LogP contribution in [-0.2, 0) is 0 Å². The van der Waals surface area contributed by atoms with Gasteiger partial charge < -0.3 is 15.7 Å². The van der Waals surface area contributed by atoms with Crippen molar-refractivity contribution >= 4 is 6.03 Å². The van der Waals surface area contributed by atoms with Gasteiger partial charge in [0.15, 0.2) is 0 Å². The Morgan fingerprint density at radius 3 is 2.88 bits per heavy atom. The van der Waals surface area contributed by atoms with Crippen LogP contribution < -0.4 is 10.6 Å². The second kappa shape index (κ2) is 7.33. The third kappa shape index (κ3) is 6.31. The molecular weight excluding hydrogens is 216 g/mol. The van der Waals surface area contributed by atoms with E-state index < -0.39 is 0 Å². The topological polar surface area (TPSA) is 61.4 Å². The normalized spacial score (nSPS) is 22.9. The van der Waals surface area contributed by atoms with Crippen LogP contribution in [0.5, 0.6) is 0 Å². The van der Waals surface area contributed by atoms with Gasteiger partial charge in [0.25, 0.3) is 0 Å². The highest BCUT2D eigenvalue weighted by Gasteiger charge is 2.12. The molecule has 1 rings (SSSR count). The summed E-state index contributed by atoms with van der Waals surface area (Å²) in [5, 5.41) is 15.0. The first kappa shape index (κ1) is 14.0. The lowest BCUT2D eigenvalue weighted by Crippen LogP contribution is -2.43. The van der Waals surface area contributed by atoms with E-state index in [0.29, 0.717) is 18.9 Å². The molecule has 2 amide bonds. The molecule has 0 spiro atoms. The molecule has 98 valence electrons. The molecule has 0 saturated carbocycles. The number of nitrogens with one attached hydrogen (secondary N) is 2. The van der Waals surface area contributed by atoms with Crippen molar-refractivity contribution in [3.63, 3.8) is 0 Å². The van der Waals surface area contributed by atoms with Crippen molar-refractivity contribution in [1.29, 1.82) is 0 Å². The molecule has 1 aliphatic rings. The Morgan fingerprint density at radius 1 is 1.53 bits per heavy atom. The van der Waals surface area contributed by atoms with Crippen molar-refractivity contribution in [2.45, 2.75) is 51.7 Å². The molecule has 0 aliphatic heterocycles. The molecule has 0 aromatic heterocycles. The third-order valence-electron chi connectivity index (χ3n) is 2.93. The van der Waals surface area contributed by atoms with E-state index in [2.05, 4.69) is 22.8 Å². The van der Waals surface area contributed by atoms with Crippen LogP contribution in [0, 0.1) is 5.92 Å². The number of aliphatic hydroxyl groups is 1. The van der Waals surface area contributed by atoms with E-state index in [-0.39, 0.29) is 18.2 Å². The lowest BCUT2D eigenvalue weighted by molar-refractivity contribution is 0.163. The van der Waals surface area contributed by atoms with Crippen molar-refractivity contribution in [3.8, 4) is 0 Å². The van der Waals surface area contributed by atoms with E-state index in [1.165, 1.54) is 0 Å². The first-order valence-electron chi connectivity index (χ1n) is 6.47. The number of allylic oxidation sites excluding steroid dienone is 1. The maximum Gasteiger partial charge on any atom is 0.315 e. The summed E-state index contributed by atoms with van der Waals surface area (Å²) in [5.41, 5.74) is 0. The number of urea groups is 1. The summed E-state index contributed by atoms with van der Waals surface area (Å²) >= 11 is 0. The third-order valence-corrected chi connectivity index (χ3v) is 2.93. The monoisotopic (exact) mass is 240 g/mol. The zero-order chi connectivity index (χ0) is 12.7. The lowest BCUT2D eigenvalue weighted by atomic mass is 10.0. The average Bonchev–Trinajstić information content (AvgIpc) is 2.27. The average molecular weight is 240 g/mol. The van der Waals surface area contributed by atoms with Crippen molar-refractivity contribution in [2.24, 2.45) is 5.92 Å². The molecule has 3 atom stereocenters. The molecule has 1 aliphatic carbocycles. The zero-order valence-corrected chi connectivity index (χ0v) is 10.8. The minimum Gasteiger partial charge on any atom is -0.393 e. The summed E-state index contributed by atoms with van der Waals surface area (Å²) in [6, 6.07) is 0.0646. The van der Waals surface area contributed by atoms with E-state index in [9.17, 15) is 9.90 Å². The van der Waals surface area contributed by atoms with Gasteiger partial charge in [0, 0.05) is 12.6 Å². The summed E-state index contributed by atoms with van der Waals surface area (Å²) in [7, 11) is 0. The maximum atomic E-state index is 11.6. The van der Waals surface area contributed by atoms with Crippen LogP contribution in [0.2, 0.25) is 0 Å². The summed E-state index contributed by atoms with van der Waals surface area (Å²) in [6.45, 7) is 4.39. The molecule has 0 heterocycles. The highest BCUT2D eigenvalue weighted by atomic mass is 16.3. The highest BCUT2D eigenvalue weighted by Crippen LogP contribution is 2.09. The summed E-state index contributed by atoms with van der Waals surface area (Å²) in [4.78, 5) is 11.6. The Kier molecular flexibility index (Phi) is 6.05. The number of rotatable bonds is 5.